The second-order valence-electron chi connectivity index (χ2n) is 8.08. The summed E-state index contributed by atoms with van der Waals surface area (Å²) in [6.45, 7) is 3.63. The summed E-state index contributed by atoms with van der Waals surface area (Å²) in [5.41, 5.74) is 1.93. The van der Waals surface area contributed by atoms with Crippen LogP contribution >= 0.6 is 11.6 Å². The summed E-state index contributed by atoms with van der Waals surface area (Å²) in [4.78, 5) is 34.1. The Balaban J connectivity index is 1.66. The summed E-state index contributed by atoms with van der Waals surface area (Å²) in [7, 11) is 1.44. The largest absolute Gasteiger partial charge is 0.493 e. The number of nitrogens with one attached hydrogen (secondary N) is 2. The van der Waals surface area contributed by atoms with E-state index in [0.29, 0.717) is 23.1 Å². The summed E-state index contributed by atoms with van der Waals surface area (Å²) >= 11 is 5.69. The highest BCUT2D eigenvalue weighted by atomic mass is 35.5. The number of hydrogen-bond acceptors (Lipinski definition) is 8. The maximum Gasteiger partial charge on any atom is 0.266 e. The molecule has 37 heavy (non-hydrogen) atoms. The van der Waals surface area contributed by atoms with Crippen molar-refractivity contribution < 1.29 is 33.1 Å². The van der Waals surface area contributed by atoms with E-state index in [4.69, 9.17) is 26.3 Å². The molecule has 2 unspecified atom stereocenters. The van der Waals surface area contributed by atoms with Crippen LogP contribution in [0.3, 0.4) is 0 Å². The molecule has 2 aromatic carbocycles. The minimum Gasteiger partial charge on any atom is -0.493 e. The summed E-state index contributed by atoms with van der Waals surface area (Å²) in [5.74, 6) is -2.27. The molecular weight excluding hydrogens is 512 g/mol. The Labute approximate surface area is 214 Å². The van der Waals surface area contributed by atoms with Crippen LogP contribution in [0.1, 0.15) is 12.8 Å². The van der Waals surface area contributed by atoms with Crippen LogP contribution in [0.25, 0.3) is 10.9 Å². The highest BCUT2D eigenvalue weighted by Crippen LogP contribution is 2.37. The van der Waals surface area contributed by atoms with Crippen LogP contribution in [0.15, 0.2) is 43.2 Å². The molecular formula is C24H22ClF2N5O5. The van der Waals surface area contributed by atoms with E-state index >= 15 is 0 Å². The van der Waals surface area contributed by atoms with E-state index in [1.165, 1.54) is 24.4 Å². The third-order valence-corrected chi connectivity index (χ3v) is 6.27. The van der Waals surface area contributed by atoms with Gasteiger partial charge in [-0.1, -0.05) is 18.2 Å². The SMILES string of the molecule is C=CC(=O)N1CCC(Oc2cc3c(Nc4ccc(F)c(Cl)c4F)ncnc3cc2OC)CC1C(=O)NO. The first-order valence-corrected chi connectivity index (χ1v) is 11.4. The summed E-state index contributed by atoms with van der Waals surface area (Å²) in [5, 5.41) is 11.7. The van der Waals surface area contributed by atoms with Gasteiger partial charge in [0.25, 0.3) is 5.91 Å². The molecule has 1 saturated heterocycles. The van der Waals surface area contributed by atoms with Crippen LogP contribution in [0.5, 0.6) is 11.5 Å². The van der Waals surface area contributed by atoms with Crippen molar-refractivity contribution in [2.24, 2.45) is 0 Å². The Bertz CT molecular complexity index is 1380. The van der Waals surface area contributed by atoms with Crippen molar-refractivity contribution >= 4 is 45.8 Å². The zero-order valence-electron chi connectivity index (χ0n) is 19.5. The number of fused-ring (bicyclic) bond motifs is 1. The molecule has 0 spiro atoms. The first-order chi connectivity index (χ1) is 17.8. The topological polar surface area (TPSA) is 126 Å². The molecule has 0 aliphatic carbocycles. The summed E-state index contributed by atoms with van der Waals surface area (Å²) in [6, 6.07) is 4.42. The highest BCUT2D eigenvalue weighted by molar-refractivity contribution is 6.31. The minimum atomic E-state index is -0.979. The predicted molar refractivity (Wildman–Crippen MR) is 130 cm³/mol. The van der Waals surface area contributed by atoms with E-state index in [0.717, 1.165) is 12.1 Å². The normalized spacial score (nSPS) is 17.3. The molecule has 2 amide bonds. The van der Waals surface area contributed by atoms with Crippen LogP contribution in [0, 0.1) is 11.6 Å². The fraction of sp³-hybridized carbons (Fsp3) is 0.250. The average molecular weight is 534 g/mol. The minimum absolute atomic E-state index is 0.0862. The molecule has 13 heteroatoms. The van der Waals surface area contributed by atoms with Gasteiger partial charge in [-0.25, -0.2) is 24.2 Å². The number of methoxy groups -OCH3 is 1. The predicted octanol–water partition coefficient (Wildman–Crippen LogP) is 3.74. The third kappa shape index (κ3) is 5.25. The van der Waals surface area contributed by atoms with Crippen molar-refractivity contribution in [3.63, 3.8) is 0 Å². The van der Waals surface area contributed by atoms with E-state index < -0.39 is 40.6 Å². The van der Waals surface area contributed by atoms with Crippen LogP contribution in [-0.4, -0.2) is 57.7 Å². The van der Waals surface area contributed by atoms with Crippen LogP contribution in [0.4, 0.5) is 20.3 Å². The highest BCUT2D eigenvalue weighted by Gasteiger charge is 2.36. The first-order valence-electron chi connectivity index (χ1n) is 11.0. The fourth-order valence-corrected chi connectivity index (χ4v) is 4.25. The lowest BCUT2D eigenvalue weighted by Gasteiger charge is -2.37. The Morgan fingerprint density at radius 3 is 2.76 bits per heavy atom. The quantitative estimate of drug-likeness (QED) is 0.181. The van der Waals surface area contributed by atoms with Gasteiger partial charge in [0.2, 0.25) is 5.91 Å². The molecule has 1 fully saturated rings. The molecule has 4 rings (SSSR count). The molecule has 3 N–H and O–H groups in total. The zero-order chi connectivity index (χ0) is 26.7. The van der Waals surface area contributed by atoms with Gasteiger partial charge in [-0.05, 0) is 24.3 Å². The maximum absolute atomic E-state index is 14.5. The molecule has 2 atom stereocenters. The molecule has 1 aliphatic rings. The second-order valence-corrected chi connectivity index (χ2v) is 8.46. The lowest BCUT2D eigenvalue weighted by atomic mass is 9.98. The molecule has 3 aromatic rings. The Morgan fingerprint density at radius 1 is 1.27 bits per heavy atom. The Kier molecular flexibility index (Phi) is 7.69. The number of hydrogen-bond donors (Lipinski definition) is 3. The number of hydroxylamine groups is 1. The Morgan fingerprint density at radius 2 is 2.05 bits per heavy atom. The van der Waals surface area contributed by atoms with Gasteiger partial charge in [-0.2, -0.15) is 0 Å². The van der Waals surface area contributed by atoms with Crippen molar-refractivity contribution in [3.05, 3.63) is 59.9 Å². The zero-order valence-corrected chi connectivity index (χ0v) is 20.3. The maximum atomic E-state index is 14.5. The number of carbonyl (C=O) groups is 2. The van der Waals surface area contributed by atoms with E-state index in [9.17, 15) is 18.4 Å². The number of aromatic nitrogens is 2. The van der Waals surface area contributed by atoms with E-state index in [-0.39, 0.29) is 30.2 Å². The molecule has 0 radical (unpaired) electrons. The number of rotatable bonds is 7. The number of carbonyl (C=O) groups excluding carboxylic acids is 2. The number of benzene rings is 2. The lowest BCUT2D eigenvalue weighted by molar-refractivity contribution is -0.145. The number of halogens is 3. The van der Waals surface area contributed by atoms with Gasteiger partial charge in [-0.3, -0.25) is 14.8 Å². The van der Waals surface area contributed by atoms with Gasteiger partial charge >= 0.3 is 0 Å². The van der Waals surface area contributed by atoms with Gasteiger partial charge in [0, 0.05) is 30.8 Å². The van der Waals surface area contributed by atoms with E-state index in [2.05, 4.69) is 21.9 Å². The number of likely N-dealkylation sites (tertiary alicyclic amines) is 1. The number of anilines is 2. The summed E-state index contributed by atoms with van der Waals surface area (Å²) in [6.07, 6.45) is 2.29. The number of piperidine rings is 1. The van der Waals surface area contributed by atoms with Crippen molar-refractivity contribution in [2.45, 2.75) is 25.0 Å². The molecule has 1 aliphatic heterocycles. The second kappa shape index (κ2) is 10.9. The number of nitrogens with zero attached hydrogens (tertiary/aromatic N) is 3. The molecule has 1 aromatic heterocycles. The monoisotopic (exact) mass is 533 g/mol. The Hall–Kier alpha value is -4.03. The standard InChI is InChI=1S/C24H22ClF2N5O5/c1-3-20(33)32-7-6-12(8-17(32)24(34)31-35)37-19-9-13-16(10-18(19)36-2)28-11-29-23(13)30-15-5-4-14(26)21(25)22(15)27/h3-5,9-12,17,35H,1,6-8H2,2H3,(H,31,34)(H,28,29,30). The average Bonchev–Trinajstić information content (AvgIpc) is 2.92. The molecule has 0 saturated carbocycles. The van der Waals surface area contributed by atoms with Gasteiger partial charge in [0.05, 0.1) is 18.3 Å². The van der Waals surface area contributed by atoms with Crippen molar-refractivity contribution in [1.29, 1.82) is 0 Å². The van der Waals surface area contributed by atoms with Gasteiger partial charge < -0.3 is 19.7 Å². The van der Waals surface area contributed by atoms with Gasteiger partial charge in [0.1, 0.15) is 35.1 Å². The first kappa shape index (κ1) is 26.0. The van der Waals surface area contributed by atoms with Crippen LogP contribution in [-0.2, 0) is 9.59 Å². The van der Waals surface area contributed by atoms with Crippen molar-refractivity contribution in [2.75, 3.05) is 19.0 Å². The fourth-order valence-electron chi connectivity index (χ4n) is 4.09. The van der Waals surface area contributed by atoms with E-state index in [1.807, 2.05) is 0 Å². The molecule has 0 bridgehead atoms. The molecule has 2 heterocycles. The molecule has 10 nitrogen and oxygen atoms in total. The van der Waals surface area contributed by atoms with Crippen molar-refractivity contribution in [1.82, 2.24) is 20.3 Å². The number of ether oxygens (including phenoxy) is 2. The summed E-state index contributed by atoms with van der Waals surface area (Å²) < 4.78 is 39.7. The van der Waals surface area contributed by atoms with Gasteiger partial charge in [-0.15, -0.1) is 0 Å². The molecule has 194 valence electrons. The third-order valence-electron chi connectivity index (χ3n) is 5.93. The van der Waals surface area contributed by atoms with Crippen molar-refractivity contribution in [3.8, 4) is 11.5 Å². The van der Waals surface area contributed by atoms with Gasteiger partial charge in [0.15, 0.2) is 17.3 Å². The lowest BCUT2D eigenvalue weighted by Crippen LogP contribution is -2.54. The van der Waals surface area contributed by atoms with Crippen LogP contribution < -0.4 is 20.3 Å². The van der Waals surface area contributed by atoms with E-state index in [1.54, 1.807) is 17.6 Å². The van der Waals surface area contributed by atoms with Crippen LogP contribution in [0.2, 0.25) is 5.02 Å². The number of amides is 2. The smallest absolute Gasteiger partial charge is 0.266 e.